The molecule has 30 heavy (non-hydrogen) atoms. The average molecular weight is 388 g/mol. The van der Waals surface area contributed by atoms with Crippen LogP contribution < -0.4 is 0 Å². The number of aromatic amines is 2. The Morgan fingerprint density at radius 2 is 1.77 bits per heavy atom. The van der Waals surface area contributed by atoms with Gasteiger partial charge in [-0.05, 0) is 42.0 Å². The summed E-state index contributed by atoms with van der Waals surface area (Å²) in [5.74, 6) is 0.725. The fourth-order valence-electron chi connectivity index (χ4n) is 3.78. The molecule has 0 saturated carbocycles. The minimum Gasteiger partial charge on any atom is -0.337 e. The first-order chi connectivity index (χ1) is 14.9. The van der Waals surface area contributed by atoms with E-state index in [2.05, 4.69) is 37.3 Å². The third-order valence-electron chi connectivity index (χ3n) is 5.24. The minimum atomic E-state index is 0.725. The molecule has 0 fully saturated rings. The van der Waals surface area contributed by atoms with Crippen molar-refractivity contribution in [2.24, 2.45) is 0 Å². The normalized spacial score (nSPS) is 11.3. The predicted molar refractivity (Wildman–Crippen MR) is 118 cm³/mol. The summed E-state index contributed by atoms with van der Waals surface area (Å²) >= 11 is 0. The van der Waals surface area contributed by atoms with E-state index in [4.69, 9.17) is 4.98 Å². The number of benzene rings is 2. The first kappa shape index (κ1) is 16.6. The summed E-state index contributed by atoms with van der Waals surface area (Å²) in [6.07, 6.45) is 5.43. The van der Waals surface area contributed by atoms with Gasteiger partial charge in [0.25, 0.3) is 0 Å². The van der Waals surface area contributed by atoms with Gasteiger partial charge in [0.1, 0.15) is 5.69 Å². The Balaban J connectivity index is 1.52. The second-order valence-corrected chi connectivity index (χ2v) is 7.08. The van der Waals surface area contributed by atoms with Gasteiger partial charge < -0.3 is 4.98 Å². The molecule has 2 N–H and O–H groups in total. The lowest BCUT2D eigenvalue weighted by molar-refractivity contribution is 1.11. The van der Waals surface area contributed by atoms with Crippen LogP contribution in [0.4, 0.5) is 0 Å². The molecule has 0 spiro atoms. The number of hydrogen-bond donors (Lipinski definition) is 2. The summed E-state index contributed by atoms with van der Waals surface area (Å²) in [6, 6.07) is 22.2. The number of aromatic nitrogens is 6. The van der Waals surface area contributed by atoms with E-state index in [0.717, 1.165) is 55.8 Å². The molecule has 0 aliphatic heterocycles. The highest BCUT2D eigenvalue weighted by molar-refractivity contribution is 5.98. The maximum absolute atomic E-state index is 4.89. The van der Waals surface area contributed by atoms with Crippen molar-refractivity contribution in [1.29, 1.82) is 0 Å². The van der Waals surface area contributed by atoms with E-state index in [1.165, 1.54) is 0 Å². The molecule has 0 bridgehead atoms. The summed E-state index contributed by atoms with van der Waals surface area (Å²) in [4.78, 5) is 17.0. The summed E-state index contributed by atoms with van der Waals surface area (Å²) < 4.78 is 0. The summed E-state index contributed by atoms with van der Waals surface area (Å²) in [7, 11) is 0. The number of nitrogens with one attached hydrogen (secondary N) is 2. The number of H-pyrrole nitrogens is 2. The number of hydrogen-bond acceptors (Lipinski definition) is 4. The summed E-state index contributed by atoms with van der Waals surface area (Å²) in [5, 5.41) is 8.68. The number of rotatable bonds is 3. The third kappa shape index (κ3) is 2.66. The maximum atomic E-state index is 4.89. The van der Waals surface area contributed by atoms with Crippen molar-refractivity contribution in [2.75, 3.05) is 0 Å². The van der Waals surface area contributed by atoms with E-state index >= 15 is 0 Å². The Bertz CT molecular complexity index is 1480. The van der Waals surface area contributed by atoms with Gasteiger partial charge in [-0.3, -0.25) is 15.1 Å². The first-order valence-corrected chi connectivity index (χ1v) is 9.66. The Hall–Kier alpha value is -4.32. The van der Waals surface area contributed by atoms with Crippen LogP contribution in [-0.2, 0) is 0 Å². The van der Waals surface area contributed by atoms with E-state index in [1.54, 1.807) is 12.4 Å². The molecule has 0 aliphatic rings. The van der Waals surface area contributed by atoms with Crippen LogP contribution in [0.15, 0.2) is 85.3 Å². The van der Waals surface area contributed by atoms with Crippen molar-refractivity contribution in [3.63, 3.8) is 0 Å². The Morgan fingerprint density at radius 1 is 0.767 bits per heavy atom. The lowest BCUT2D eigenvalue weighted by atomic mass is 10.0. The highest BCUT2D eigenvalue weighted by Crippen LogP contribution is 2.32. The average Bonchev–Trinajstić information content (AvgIpc) is 3.43. The lowest BCUT2D eigenvalue weighted by Crippen LogP contribution is -1.84. The van der Waals surface area contributed by atoms with E-state index < -0.39 is 0 Å². The zero-order valence-corrected chi connectivity index (χ0v) is 15.9. The van der Waals surface area contributed by atoms with Crippen LogP contribution in [0.2, 0.25) is 0 Å². The molecule has 0 amide bonds. The Labute approximate surface area is 171 Å². The van der Waals surface area contributed by atoms with Gasteiger partial charge >= 0.3 is 0 Å². The van der Waals surface area contributed by atoms with Crippen molar-refractivity contribution in [3.05, 3.63) is 85.3 Å². The van der Waals surface area contributed by atoms with Gasteiger partial charge in [0.05, 0.1) is 22.2 Å². The van der Waals surface area contributed by atoms with E-state index in [9.17, 15) is 0 Å². The van der Waals surface area contributed by atoms with Crippen molar-refractivity contribution in [3.8, 4) is 33.9 Å². The smallest absolute Gasteiger partial charge is 0.159 e. The first-order valence-electron chi connectivity index (χ1n) is 9.66. The topological polar surface area (TPSA) is 83.1 Å². The quantitative estimate of drug-likeness (QED) is 0.435. The molecule has 6 rings (SSSR count). The molecule has 2 aromatic carbocycles. The monoisotopic (exact) mass is 388 g/mol. The number of para-hydroxylation sites is 1. The third-order valence-corrected chi connectivity index (χ3v) is 5.24. The van der Waals surface area contributed by atoms with E-state index in [-0.39, 0.29) is 0 Å². The largest absolute Gasteiger partial charge is 0.337 e. The van der Waals surface area contributed by atoms with Crippen molar-refractivity contribution >= 4 is 21.9 Å². The highest BCUT2D eigenvalue weighted by Gasteiger charge is 2.16. The molecule has 0 radical (unpaired) electrons. The van der Waals surface area contributed by atoms with Crippen LogP contribution in [0.1, 0.15) is 0 Å². The van der Waals surface area contributed by atoms with Crippen molar-refractivity contribution in [1.82, 2.24) is 30.1 Å². The fourth-order valence-corrected chi connectivity index (χ4v) is 3.78. The van der Waals surface area contributed by atoms with Gasteiger partial charge in [-0.1, -0.05) is 30.3 Å². The zero-order valence-electron chi connectivity index (χ0n) is 15.9. The number of pyridine rings is 2. The molecule has 142 valence electrons. The molecular weight excluding hydrogens is 372 g/mol. The number of fused-ring (bicyclic) bond motifs is 2. The standard InChI is InChI=1S/C24H16N6/c1-2-12-26-19(7-1)17-6-3-8-21-22(17)28-24(27-21)23-18-13-15(9-10-20(18)29-30-23)16-5-4-11-25-14-16/h1-14H,(H,27,28)(H,29,30). The molecule has 0 atom stereocenters. The second kappa shape index (κ2) is 6.63. The van der Waals surface area contributed by atoms with Gasteiger partial charge in [-0.15, -0.1) is 0 Å². The van der Waals surface area contributed by atoms with E-state index in [1.807, 2.05) is 60.8 Å². The maximum Gasteiger partial charge on any atom is 0.159 e. The van der Waals surface area contributed by atoms with Crippen molar-refractivity contribution < 1.29 is 0 Å². The van der Waals surface area contributed by atoms with Crippen LogP contribution in [-0.4, -0.2) is 30.1 Å². The summed E-state index contributed by atoms with van der Waals surface area (Å²) in [6.45, 7) is 0. The molecule has 4 heterocycles. The number of imidazole rings is 1. The second-order valence-electron chi connectivity index (χ2n) is 7.08. The molecule has 4 aromatic heterocycles. The van der Waals surface area contributed by atoms with E-state index in [0.29, 0.717) is 0 Å². The van der Waals surface area contributed by atoms with Gasteiger partial charge in [-0.25, -0.2) is 4.98 Å². The fraction of sp³-hybridized carbons (Fsp3) is 0. The highest BCUT2D eigenvalue weighted by atomic mass is 15.1. The number of nitrogens with zero attached hydrogens (tertiary/aromatic N) is 4. The van der Waals surface area contributed by atoms with Gasteiger partial charge in [0, 0.05) is 35.1 Å². The summed E-state index contributed by atoms with van der Waals surface area (Å²) in [5.41, 5.74) is 7.62. The Morgan fingerprint density at radius 3 is 2.63 bits per heavy atom. The lowest BCUT2D eigenvalue weighted by Gasteiger charge is -2.01. The molecule has 6 heteroatoms. The van der Waals surface area contributed by atoms with Crippen LogP contribution in [0, 0.1) is 0 Å². The molecule has 0 saturated heterocycles. The van der Waals surface area contributed by atoms with Crippen LogP contribution in [0.5, 0.6) is 0 Å². The van der Waals surface area contributed by atoms with Crippen LogP contribution in [0.25, 0.3) is 55.8 Å². The van der Waals surface area contributed by atoms with Gasteiger partial charge in [0.2, 0.25) is 0 Å². The van der Waals surface area contributed by atoms with Gasteiger partial charge in [0.15, 0.2) is 5.82 Å². The van der Waals surface area contributed by atoms with Gasteiger partial charge in [-0.2, -0.15) is 5.10 Å². The van der Waals surface area contributed by atoms with Crippen molar-refractivity contribution in [2.45, 2.75) is 0 Å². The molecule has 0 unspecified atom stereocenters. The zero-order chi connectivity index (χ0) is 19.9. The SMILES string of the molecule is c1ccc(-c2cccc3[nH]c(-c4n[nH]c5ccc(-c6cccnc6)cc45)nc23)nc1. The van der Waals surface area contributed by atoms with Crippen LogP contribution >= 0.6 is 0 Å². The Kier molecular flexibility index (Phi) is 3.67. The predicted octanol–water partition coefficient (Wildman–Crippen LogP) is 5.23. The molecule has 0 aliphatic carbocycles. The molecular formula is C24H16N6. The molecule has 6 nitrogen and oxygen atoms in total. The van der Waals surface area contributed by atoms with Crippen LogP contribution in [0.3, 0.4) is 0 Å². The molecule has 6 aromatic rings. The minimum absolute atomic E-state index is 0.725.